The molecule has 0 saturated heterocycles. The summed E-state index contributed by atoms with van der Waals surface area (Å²) in [7, 11) is 0. The number of esters is 2. The van der Waals surface area contributed by atoms with Crippen molar-refractivity contribution in [2.45, 2.75) is 50.3 Å². The van der Waals surface area contributed by atoms with Crippen molar-refractivity contribution in [2.24, 2.45) is 17.6 Å². The predicted octanol–water partition coefficient (Wildman–Crippen LogP) is 4.65. The third-order valence-corrected chi connectivity index (χ3v) is 7.57. The Balaban J connectivity index is 1.39. The summed E-state index contributed by atoms with van der Waals surface area (Å²) in [6.45, 7) is 3.51. The molecule has 3 aromatic carbocycles. The fourth-order valence-corrected chi connectivity index (χ4v) is 5.62. The Kier molecular flexibility index (Phi) is 6.30. The normalized spacial score (nSPS) is 29.4. The maximum atomic E-state index is 15.8. The number of benzene rings is 3. The van der Waals surface area contributed by atoms with Crippen LogP contribution in [0.2, 0.25) is 0 Å². The van der Waals surface area contributed by atoms with Crippen molar-refractivity contribution in [3.63, 3.8) is 0 Å². The van der Waals surface area contributed by atoms with Gasteiger partial charge in [-0.3, -0.25) is 0 Å². The SMILES string of the molecule is CCOC(=O)[C@@]1(F)[C@@H]2C[C@@H](O[C@@H](C)c3ccc4ccccc4c3)[C@@](N)(C(=O)OCc3ccccc3)[C@@H]21. The summed E-state index contributed by atoms with van der Waals surface area (Å²) in [4.78, 5) is 25.9. The number of carbonyl (C=O) groups is 2. The van der Waals surface area contributed by atoms with Crippen LogP contribution in [0.15, 0.2) is 72.8 Å². The van der Waals surface area contributed by atoms with E-state index in [2.05, 4.69) is 0 Å². The van der Waals surface area contributed by atoms with E-state index in [-0.39, 0.29) is 19.6 Å². The summed E-state index contributed by atoms with van der Waals surface area (Å²) in [5.74, 6) is -3.59. The first-order valence-electron chi connectivity index (χ1n) is 12.3. The van der Waals surface area contributed by atoms with Gasteiger partial charge in [0.1, 0.15) is 12.1 Å². The highest BCUT2D eigenvalue weighted by atomic mass is 19.1. The van der Waals surface area contributed by atoms with E-state index >= 15 is 4.39 Å². The van der Waals surface area contributed by atoms with Crippen molar-refractivity contribution < 1.29 is 28.2 Å². The first-order chi connectivity index (χ1) is 17.3. The van der Waals surface area contributed by atoms with Gasteiger partial charge in [-0.05, 0) is 48.2 Å². The van der Waals surface area contributed by atoms with E-state index < -0.39 is 47.2 Å². The van der Waals surface area contributed by atoms with Gasteiger partial charge in [0, 0.05) is 11.8 Å². The second-order valence-corrected chi connectivity index (χ2v) is 9.68. The third kappa shape index (κ3) is 3.96. The first kappa shape index (κ1) is 24.4. The second-order valence-electron chi connectivity index (χ2n) is 9.68. The van der Waals surface area contributed by atoms with Crippen molar-refractivity contribution in [2.75, 3.05) is 6.61 Å². The molecule has 2 aliphatic carbocycles. The smallest absolute Gasteiger partial charge is 0.344 e. The Labute approximate surface area is 209 Å². The highest BCUT2D eigenvalue weighted by Gasteiger charge is 2.85. The van der Waals surface area contributed by atoms with Crippen LogP contribution in [0.4, 0.5) is 4.39 Å². The summed E-state index contributed by atoms with van der Waals surface area (Å²) >= 11 is 0. The lowest BCUT2D eigenvalue weighted by atomic mass is 9.87. The summed E-state index contributed by atoms with van der Waals surface area (Å²) < 4.78 is 32.7. The molecular formula is C29H30FNO5. The number of ether oxygens (including phenoxy) is 3. The maximum Gasteiger partial charge on any atom is 0.344 e. The van der Waals surface area contributed by atoms with Gasteiger partial charge >= 0.3 is 11.9 Å². The van der Waals surface area contributed by atoms with Crippen LogP contribution in [0.5, 0.6) is 0 Å². The number of halogens is 1. The standard InChI is InChI=1S/C29H30FNO5/c1-3-34-26(32)28(30)23-16-24(36-18(2)21-14-13-20-11-7-8-12-22(20)15-21)29(31,25(23)28)27(33)35-17-19-9-5-4-6-10-19/h4-15,18,23-25H,3,16-17,31H2,1-2H3/t18-,23+,24+,25-,28+,29-/m0/s1. The average Bonchev–Trinajstić information content (AvgIpc) is 3.38. The molecule has 3 aromatic rings. The van der Waals surface area contributed by atoms with Crippen molar-refractivity contribution in [3.05, 3.63) is 83.9 Å². The van der Waals surface area contributed by atoms with Crippen molar-refractivity contribution in [1.29, 1.82) is 0 Å². The van der Waals surface area contributed by atoms with E-state index in [9.17, 15) is 9.59 Å². The Morgan fingerprint density at radius 2 is 1.69 bits per heavy atom. The van der Waals surface area contributed by atoms with E-state index in [4.69, 9.17) is 19.9 Å². The van der Waals surface area contributed by atoms with Crippen LogP contribution in [-0.2, 0) is 30.4 Å². The molecule has 7 heteroatoms. The fourth-order valence-electron chi connectivity index (χ4n) is 5.62. The summed E-state index contributed by atoms with van der Waals surface area (Å²) in [6.07, 6.45) is -1.12. The van der Waals surface area contributed by atoms with Crippen molar-refractivity contribution in [1.82, 2.24) is 0 Å². The molecule has 2 aliphatic rings. The van der Waals surface area contributed by atoms with Crippen LogP contribution in [0.1, 0.15) is 37.5 Å². The number of fused-ring (bicyclic) bond motifs is 2. The van der Waals surface area contributed by atoms with E-state index in [1.54, 1.807) is 6.92 Å². The van der Waals surface area contributed by atoms with Crippen LogP contribution in [0, 0.1) is 11.8 Å². The van der Waals surface area contributed by atoms with Crippen LogP contribution in [0.3, 0.4) is 0 Å². The number of nitrogens with two attached hydrogens (primary N) is 1. The molecule has 0 spiro atoms. The molecule has 0 aliphatic heterocycles. The van der Waals surface area contributed by atoms with E-state index in [1.165, 1.54) is 0 Å². The monoisotopic (exact) mass is 491 g/mol. The topological polar surface area (TPSA) is 87.9 Å². The molecule has 0 aromatic heterocycles. The fraction of sp³-hybridized carbons (Fsp3) is 0.379. The van der Waals surface area contributed by atoms with E-state index in [0.717, 1.165) is 21.9 Å². The van der Waals surface area contributed by atoms with E-state index in [0.29, 0.717) is 0 Å². The van der Waals surface area contributed by atoms with Crippen molar-refractivity contribution >= 4 is 22.7 Å². The van der Waals surface area contributed by atoms with Crippen LogP contribution in [-0.4, -0.2) is 35.9 Å². The minimum Gasteiger partial charge on any atom is -0.464 e. The molecule has 2 N–H and O–H groups in total. The molecule has 6 atom stereocenters. The maximum absolute atomic E-state index is 15.8. The molecule has 5 rings (SSSR count). The molecule has 6 nitrogen and oxygen atoms in total. The highest BCUT2D eigenvalue weighted by Crippen LogP contribution is 2.68. The Bertz CT molecular complexity index is 1280. The van der Waals surface area contributed by atoms with Crippen LogP contribution >= 0.6 is 0 Å². The molecule has 0 unspecified atom stereocenters. The lowest BCUT2D eigenvalue weighted by Gasteiger charge is -2.35. The van der Waals surface area contributed by atoms with Gasteiger partial charge in [0.05, 0.1) is 18.8 Å². The zero-order valence-electron chi connectivity index (χ0n) is 20.4. The Morgan fingerprint density at radius 3 is 2.42 bits per heavy atom. The molecule has 2 saturated carbocycles. The molecular weight excluding hydrogens is 461 g/mol. The number of alkyl halides is 1. The Hall–Kier alpha value is -3.29. The predicted molar refractivity (Wildman–Crippen MR) is 132 cm³/mol. The van der Waals surface area contributed by atoms with Gasteiger partial charge in [-0.1, -0.05) is 66.7 Å². The zero-order chi connectivity index (χ0) is 25.5. The largest absolute Gasteiger partial charge is 0.464 e. The van der Waals surface area contributed by atoms with Crippen LogP contribution < -0.4 is 5.73 Å². The summed E-state index contributed by atoms with van der Waals surface area (Å²) in [6, 6.07) is 23.1. The summed E-state index contributed by atoms with van der Waals surface area (Å²) in [5.41, 5.74) is 4.22. The second kappa shape index (κ2) is 9.30. The molecule has 0 radical (unpaired) electrons. The Morgan fingerprint density at radius 1 is 1.00 bits per heavy atom. The minimum atomic E-state index is -2.32. The lowest BCUT2D eigenvalue weighted by Crippen LogP contribution is -2.61. The van der Waals surface area contributed by atoms with Gasteiger partial charge in [0.15, 0.2) is 0 Å². The lowest BCUT2D eigenvalue weighted by molar-refractivity contribution is -0.165. The molecule has 188 valence electrons. The number of carbonyl (C=O) groups excluding carboxylic acids is 2. The first-order valence-corrected chi connectivity index (χ1v) is 12.3. The molecule has 36 heavy (non-hydrogen) atoms. The van der Waals surface area contributed by atoms with E-state index in [1.807, 2.05) is 79.7 Å². The van der Waals surface area contributed by atoms with Gasteiger partial charge in [-0.25, -0.2) is 14.0 Å². The number of hydrogen-bond donors (Lipinski definition) is 1. The number of rotatable bonds is 8. The molecule has 0 bridgehead atoms. The minimum absolute atomic E-state index is 0.0123. The number of hydrogen-bond acceptors (Lipinski definition) is 6. The summed E-state index contributed by atoms with van der Waals surface area (Å²) in [5, 5.41) is 2.16. The molecule has 0 amide bonds. The van der Waals surface area contributed by atoms with Crippen LogP contribution in [0.25, 0.3) is 10.8 Å². The van der Waals surface area contributed by atoms with Gasteiger partial charge in [0.2, 0.25) is 5.67 Å². The van der Waals surface area contributed by atoms with Gasteiger partial charge < -0.3 is 19.9 Å². The third-order valence-electron chi connectivity index (χ3n) is 7.57. The molecule has 2 fully saturated rings. The quantitative estimate of drug-likeness (QED) is 0.462. The van der Waals surface area contributed by atoms with Gasteiger partial charge in [-0.2, -0.15) is 0 Å². The van der Waals surface area contributed by atoms with Gasteiger partial charge in [0.25, 0.3) is 0 Å². The molecule has 0 heterocycles. The average molecular weight is 492 g/mol. The highest BCUT2D eigenvalue weighted by molar-refractivity contribution is 5.92. The zero-order valence-corrected chi connectivity index (χ0v) is 20.4. The van der Waals surface area contributed by atoms with Gasteiger partial charge in [-0.15, -0.1) is 0 Å². The van der Waals surface area contributed by atoms with Crippen molar-refractivity contribution in [3.8, 4) is 0 Å².